The van der Waals surface area contributed by atoms with Gasteiger partial charge in [-0.3, -0.25) is 0 Å². The molecule has 1 unspecified atom stereocenters. The van der Waals surface area contributed by atoms with Gasteiger partial charge in [-0.15, -0.1) is 0 Å². The molecule has 5 nitrogen and oxygen atoms in total. The van der Waals surface area contributed by atoms with E-state index in [1.54, 1.807) is 52.1 Å². The topological polar surface area (TPSA) is 72.8 Å². The summed E-state index contributed by atoms with van der Waals surface area (Å²) in [4.78, 5) is 13.3. The highest BCUT2D eigenvalue weighted by Gasteiger charge is 2.19. The van der Waals surface area contributed by atoms with Crippen molar-refractivity contribution in [3.63, 3.8) is 0 Å². The van der Waals surface area contributed by atoms with Gasteiger partial charge in [0.1, 0.15) is 0 Å². The van der Waals surface area contributed by atoms with Crippen molar-refractivity contribution in [3.8, 4) is 0 Å². The van der Waals surface area contributed by atoms with Crippen LogP contribution in [0.4, 0.5) is 10.5 Å². The SMILES string of the molecule is CC(O)c1cccc(NC(=O)N(C)CC(C)(C)O)c1. The van der Waals surface area contributed by atoms with Crippen molar-refractivity contribution in [3.05, 3.63) is 29.8 Å². The van der Waals surface area contributed by atoms with Crippen molar-refractivity contribution < 1.29 is 15.0 Å². The van der Waals surface area contributed by atoms with Gasteiger partial charge >= 0.3 is 6.03 Å². The largest absolute Gasteiger partial charge is 0.389 e. The fraction of sp³-hybridized carbons (Fsp3) is 0.500. The molecule has 0 fully saturated rings. The molecular formula is C14H22N2O3. The molecule has 0 radical (unpaired) electrons. The van der Waals surface area contributed by atoms with Crippen LogP contribution >= 0.6 is 0 Å². The standard InChI is InChI=1S/C14H22N2O3/c1-10(17)11-6-5-7-12(8-11)15-13(18)16(4)9-14(2,3)19/h5-8,10,17,19H,9H2,1-4H3,(H,15,18). The molecule has 19 heavy (non-hydrogen) atoms. The lowest BCUT2D eigenvalue weighted by atomic mass is 10.1. The van der Waals surface area contributed by atoms with Gasteiger partial charge in [0.25, 0.3) is 0 Å². The lowest BCUT2D eigenvalue weighted by Gasteiger charge is -2.25. The van der Waals surface area contributed by atoms with E-state index < -0.39 is 11.7 Å². The number of amides is 2. The molecule has 0 aliphatic rings. The molecule has 2 amide bonds. The van der Waals surface area contributed by atoms with Crippen LogP contribution in [0.2, 0.25) is 0 Å². The Morgan fingerprint density at radius 1 is 1.47 bits per heavy atom. The number of carbonyl (C=O) groups excluding carboxylic acids is 1. The van der Waals surface area contributed by atoms with Gasteiger partial charge in [-0.25, -0.2) is 4.79 Å². The number of benzene rings is 1. The molecule has 106 valence electrons. The number of carbonyl (C=O) groups is 1. The van der Waals surface area contributed by atoms with Gasteiger partial charge in [0.2, 0.25) is 0 Å². The summed E-state index contributed by atoms with van der Waals surface area (Å²) in [7, 11) is 1.62. The Morgan fingerprint density at radius 2 is 2.11 bits per heavy atom. The van der Waals surface area contributed by atoms with Crippen LogP contribution in [0.1, 0.15) is 32.4 Å². The zero-order valence-corrected chi connectivity index (χ0v) is 11.8. The summed E-state index contributed by atoms with van der Waals surface area (Å²) in [5.41, 5.74) is 0.419. The van der Waals surface area contributed by atoms with E-state index in [4.69, 9.17) is 0 Å². The second-order valence-corrected chi connectivity index (χ2v) is 5.40. The number of rotatable bonds is 4. The molecule has 1 aromatic carbocycles. The van der Waals surface area contributed by atoms with E-state index >= 15 is 0 Å². The van der Waals surface area contributed by atoms with Crippen LogP contribution in [0.25, 0.3) is 0 Å². The molecule has 5 heteroatoms. The molecule has 0 saturated heterocycles. The predicted octanol–water partition coefficient (Wildman–Crippen LogP) is 1.97. The molecule has 0 aliphatic carbocycles. The first kappa shape index (κ1) is 15.5. The maximum absolute atomic E-state index is 11.9. The Kier molecular flexibility index (Phi) is 4.91. The highest BCUT2D eigenvalue weighted by Crippen LogP contribution is 2.17. The van der Waals surface area contributed by atoms with Crippen LogP contribution in [0, 0.1) is 0 Å². The molecular weight excluding hydrogens is 244 g/mol. The van der Waals surface area contributed by atoms with E-state index in [0.29, 0.717) is 5.69 Å². The minimum Gasteiger partial charge on any atom is -0.389 e. The van der Waals surface area contributed by atoms with Crippen molar-refractivity contribution in [1.82, 2.24) is 4.90 Å². The summed E-state index contributed by atoms with van der Waals surface area (Å²) in [5, 5.41) is 21.9. The lowest BCUT2D eigenvalue weighted by molar-refractivity contribution is 0.0550. The fourth-order valence-electron chi connectivity index (χ4n) is 1.75. The first-order chi connectivity index (χ1) is 8.69. The average Bonchev–Trinajstić information content (AvgIpc) is 2.27. The van der Waals surface area contributed by atoms with Crippen LogP contribution in [0.3, 0.4) is 0 Å². The predicted molar refractivity (Wildman–Crippen MR) is 75.0 cm³/mol. The normalized spacial score (nSPS) is 12.9. The Balaban J connectivity index is 2.69. The number of aliphatic hydroxyl groups excluding tert-OH is 1. The molecule has 3 N–H and O–H groups in total. The van der Waals surface area contributed by atoms with E-state index in [9.17, 15) is 15.0 Å². The van der Waals surface area contributed by atoms with E-state index in [1.807, 2.05) is 0 Å². The summed E-state index contributed by atoms with van der Waals surface area (Å²) in [6.45, 7) is 5.19. The average molecular weight is 266 g/mol. The number of anilines is 1. The van der Waals surface area contributed by atoms with E-state index in [0.717, 1.165) is 5.56 Å². The molecule has 1 atom stereocenters. The molecule has 0 spiro atoms. The number of hydrogen-bond donors (Lipinski definition) is 3. The summed E-state index contributed by atoms with van der Waals surface area (Å²) >= 11 is 0. The van der Waals surface area contributed by atoms with Crippen molar-refractivity contribution in [1.29, 1.82) is 0 Å². The number of likely N-dealkylation sites (N-methyl/N-ethyl adjacent to an activating group) is 1. The highest BCUT2D eigenvalue weighted by molar-refractivity contribution is 5.89. The smallest absolute Gasteiger partial charge is 0.321 e. The van der Waals surface area contributed by atoms with Gasteiger partial charge in [-0.1, -0.05) is 12.1 Å². The number of aliphatic hydroxyl groups is 2. The van der Waals surface area contributed by atoms with Crippen LogP contribution < -0.4 is 5.32 Å². The number of nitrogens with zero attached hydrogens (tertiary/aromatic N) is 1. The summed E-state index contributed by atoms with van der Waals surface area (Å²) in [5.74, 6) is 0. The van der Waals surface area contributed by atoms with Gasteiger partial charge in [0.15, 0.2) is 0 Å². The van der Waals surface area contributed by atoms with Crippen LogP contribution in [-0.4, -0.2) is 40.3 Å². The molecule has 0 saturated carbocycles. The zero-order chi connectivity index (χ0) is 14.6. The van der Waals surface area contributed by atoms with Gasteiger partial charge in [0, 0.05) is 12.7 Å². The van der Waals surface area contributed by atoms with Gasteiger partial charge in [0.05, 0.1) is 18.2 Å². The maximum Gasteiger partial charge on any atom is 0.321 e. The molecule has 1 rings (SSSR count). The van der Waals surface area contributed by atoms with Crippen LogP contribution in [0.5, 0.6) is 0 Å². The van der Waals surface area contributed by atoms with E-state index in [2.05, 4.69) is 5.32 Å². The summed E-state index contributed by atoms with van der Waals surface area (Å²) in [6, 6.07) is 6.74. The van der Waals surface area contributed by atoms with E-state index in [-0.39, 0.29) is 12.6 Å². The van der Waals surface area contributed by atoms with E-state index in [1.165, 1.54) is 4.90 Å². The highest BCUT2D eigenvalue weighted by atomic mass is 16.3. The Hall–Kier alpha value is -1.59. The van der Waals surface area contributed by atoms with Crippen molar-refractivity contribution in [2.75, 3.05) is 18.9 Å². The van der Waals surface area contributed by atoms with Gasteiger partial charge in [-0.05, 0) is 38.5 Å². The monoisotopic (exact) mass is 266 g/mol. The summed E-state index contributed by atoms with van der Waals surface area (Å²) < 4.78 is 0. The van der Waals surface area contributed by atoms with Crippen LogP contribution in [0.15, 0.2) is 24.3 Å². The van der Waals surface area contributed by atoms with Crippen LogP contribution in [-0.2, 0) is 0 Å². The first-order valence-corrected chi connectivity index (χ1v) is 6.21. The van der Waals surface area contributed by atoms with Crippen molar-refractivity contribution in [2.45, 2.75) is 32.5 Å². The maximum atomic E-state index is 11.9. The Bertz CT molecular complexity index is 439. The Morgan fingerprint density at radius 3 is 2.63 bits per heavy atom. The third-order valence-electron chi connectivity index (χ3n) is 2.59. The molecule has 0 aromatic heterocycles. The third-order valence-corrected chi connectivity index (χ3v) is 2.59. The number of nitrogens with one attached hydrogen (secondary N) is 1. The van der Waals surface area contributed by atoms with Gasteiger partial charge < -0.3 is 20.4 Å². The molecule has 0 aliphatic heterocycles. The number of hydrogen-bond acceptors (Lipinski definition) is 3. The van der Waals surface area contributed by atoms with Crippen molar-refractivity contribution >= 4 is 11.7 Å². The molecule has 0 bridgehead atoms. The Labute approximate surface area is 113 Å². The quantitative estimate of drug-likeness (QED) is 0.780. The molecule has 1 aromatic rings. The second kappa shape index (κ2) is 6.04. The third kappa shape index (κ3) is 5.28. The second-order valence-electron chi connectivity index (χ2n) is 5.40. The molecule has 0 heterocycles. The van der Waals surface area contributed by atoms with Gasteiger partial charge in [-0.2, -0.15) is 0 Å². The first-order valence-electron chi connectivity index (χ1n) is 6.21. The number of urea groups is 1. The minimum absolute atomic E-state index is 0.231. The fourth-order valence-corrected chi connectivity index (χ4v) is 1.75. The summed E-state index contributed by atoms with van der Waals surface area (Å²) in [6.07, 6.45) is -0.578. The minimum atomic E-state index is -0.937. The zero-order valence-electron chi connectivity index (χ0n) is 11.8. The lowest BCUT2D eigenvalue weighted by Crippen LogP contribution is -2.41. The van der Waals surface area contributed by atoms with Crippen molar-refractivity contribution in [2.24, 2.45) is 0 Å².